The third kappa shape index (κ3) is 7.29. The summed E-state index contributed by atoms with van der Waals surface area (Å²) >= 11 is 0. The van der Waals surface area contributed by atoms with E-state index in [1.807, 2.05) is 0 Å². The molecule has 0 saturated carbocycles. The average molecular weight is 718 g/mol. The molecule has 242 valence electrons. The van der Waals surface area contributed by atoms with E-state index in [0.717, 1.165) is 59.9 Å². The fourth-order valence-electron chi connectivity index (χ4n) is 6.54. The molecule has 0 amide bonds. The summed E-state index contributed by atoms with van der Waals surface area (Å²) in [5.41, 5.74) is 10.2. The van der Waals surface area contributed by atoms with E-state index < -0.39 is 0 Å². The Kier molecular flexibility index (Phi) is 10.8. The van der Waals surface area contributed by atoms with Crippen molar-refractivity contribution >= 4 is 21.5 Å². The molecule has 2 aromatic heterocycles. The van der Waals surface area contributed by atoms with E-state index >= 15 is 0 Å². The minimum Gasteiger partial charge on any atom is -0.496 e. The molecule has 0 atom stereocenters. The van der Waals surface area contributed by atoms with Crippen LogP contribution in [0.15, 0.2) is 142 Å². The van der Waals surface area contributed by atoms with Crippen LogP contribution in [0.4, 0.5) is 0 Å². The van der Waals surface area contributed by atoms with Gasteiger partial charge in [0.25, 0.3) is 0 Å². The Balaban J connectivity index is 0.000000167. The Labute approximate surface area is 309 Å². The molecule has 0 unspecified atom stereocenters. The number of rotatable bonds is 8. The minimum atomic E-state index is 0. The van der Waals surface area contributed by atoms with Crippen LogP contribution in [0.1, 0.15) is 50.3 Å². The van der Waals surface area contributed by atoms with E-state index in [1.165, 1.54) is 54.9 Å². The van der Waals surface area contributed by atoms with Crippen molar-refractivity contribution in [3.05, 3.63) is 156 Å². The van der Waals surface area contributed by atoms with Crippen molar-refractivity contribution in [3.63, 3.8) is 0 Å². The first-order valence-electron chi connectivity index (χ1n) is 17.3. The van der Waals surface area contributed by atoms with Gasteiger partial charge in [-0.3, -0.25) is 0 Å². The third-order valence-corrected chi connectivity index (χ3v) is 9.44. The third-order valence-electron chi connectivity index (χ3n) is 9.44. The van der Waals surface area contributed by atoms with Crippen molar-refractivity contribution in [2.45, 2.75) is 53.4 Å². The van der Waals surface area contributed by atoms with E-state index in [2.05, 4.69) is 161 Å². The molecular weight excluding hydrogens is 676 g/mol. The molecule has 3 heteroatoms. The average Bonchev–Trinajstić information content (AvgIpc) is 3.97. The topological polar surface area (TPSA) is 26.3 Å². The molecule has 0 aliphatic rings. The minimum absolute atomic E-state index is 0. The molecule has 2 nitrogen and oxygen atoms in total. The van der Waals surface area contributed by atoms with Crippen LogP contribution in [-0.4, -0.2) is 0 Å². The number of fused-ring (bicyclic) bond motifs is 2. The predicted octanol–water partition coefficient (Wildman–Crippen LogP) is 13.2. The molecule has 0 fully saturated rings. The molecule has 6 aromatic carbocycles. The van der Waals surface area contributed by atoms with E-state index in [-0.39, 0.29) is 26.2 Å². The monoisotopic (exact) mass is 716 g/mol. The van der Waals surface area contributed by atoms with Crippen LogP contribution >= 0.6 is 0 Å². The second-order valence-corrected chi connectivity index (χ2v) is 12.4. The molecule has 8 aromatic rings. The summed E-state index contributed by atoms with van der Waals surface area (Å²) in [6.45, 7) is 8.60. The number of aryl methyl sites for hydroxylation is 4. The van der Waals surface area contributed by atoms with Gasteiger partial charge >= 0.3 is 26.2 Å². The van der Waals surface area contributed by atoms with Gasteiger partial charge in [-0.1, -0.05) is 123 Å². The van der Waals surface area contributed by atoms with E-state index in [4.69, 9.17) is 8.83 Å². The molecule has 49 heavy (non-hydrogen) atoms. The summed E-state index contributed by atoms with van der Waals surface area (Å²) in [5.74, 6) is 3.97. The van der Waals surface area contributed by atoms with Gasteiger partial charge in [0.05, 0.1) is 23.0 Å². The second-order valence-electron chi connectivity index (χ2n) is 12.4. The zero-order valence-corrected chi connectivity index (χ0v) is 31.3. The van der Waals surface area contributed by atoms with Crippen LogP contribution in [0.5, 0.6) is 0 Å². The van der Waals surface area contributed by atoms with Crippen LogP contribution in [0.2, 0.25) is 0 Å². The Morgan fingerprint density at radius 3 is 1.20 bits per heavy atom. The van der Waals surface area contributed by atoms with Gasteiger partial charge in [0.15, 0.2) is 0 Å². The summed E-state index contributed by atoms with van der Waals surface area (Å²) in [5, 5.41) is 5.09. The molecule has 0 aliphatic heterocycles. The molecule has 0 radical (unpaired) electrons. The van der Waals surface area contributed by atoms with Crippen LogP contribution < -0.4 is 0 Å². The van der Waals surface area contributed by atoms with Crippen molar-refractivity contribution in [2.75, 3.05) is 0 Å². The van der Waals surface area contributed by atoms with Crippen LogP contribution in [-0.2, 0) is 51.9 Å². The maximum Gasteiger partial charge on any atom is 2.00 e. The number of hydrogen-bond acceptors (Lipinski definition) is 2. The van der Waals surface area contributed by atoms with Crippen molar-refractivity contribution in [2.24, 2.45) is 0 Å². The van der Waals surface area contributed by atoms with Crippen molar-refractivity contribution in [1.29, 1.82) is 0 Å². The van der Waals surface area contributed by atoms with Gasteiger partial charge in [0, 0.05) is 12.8 Å². The van der Waals surface area contributed by atoms with Gasteiger partial charge in [-0.2, -0.15) is 0 Å². The van der Waals surface area contributed by atoms with E-state index in [0.29, 0.717) is 0 Å². The second kappa shape index (κ2) is 15.4. The van der Waals surface area contributed by atoms with Crippen molar-refractivity contribution < 1.29 is 35.0 Å². The zero-order chi connectivity index (χ0) is 33.0. The molecular formula is C46H42O2Zr. The van der Waals surface area contributed by atoms with Gasteiger partial charge in [0.1, 0.15) is 0 Å². The number of benzene rings is 4. The zero-order valence-electron chi connectivity index (χ0n) is 28.8. The SMILES string of the molecule is CCc1ccc(-c2cccc3[cH-]c(-c4ccc(CC)o4)cc23)cc1.CCc1ccc(-c2cccc3[cH-]c(-c4ccc(CC)o4)cc23)cc1.[Zr+2]. The van der Waals surface area contributed by atoms with Crippen LogP contribution in [0.25, 0.3) is 66.4 Å². The number of furan rings is 2. The van der Waals surface area contributed by atoms with Gasteiger partial charge < -0.3 is 8.83 Å². The van der Waals surface area contributed by atoms with Gasteiger partial charge in [-0.25, -0.2) is 0 Å². The van der Waals surface area contributed by atoms with Crippen LogP contribution in [0, 0.1) is 0 Å². The van der Waals surface area contributed by atoms with Gasteiger partial charge in [-0.15, -0.1) is 57.9 Å². The Morgan fingerprint density at radius 1 is 0.449 bits per heavy atom. The molecule has 2 heterocycles. The quantitative estimate of drug-likeness (QED) is 0.146. The van der Waals surface area contributed by atoms with E-state index in [1.54, 1.807) is 0 Å². The summed E-state index contributed by atoms with van der Waals surface area (Å²) in [4.78, 5) is 0. The summed E-state index contributed by atoms with van der Waals surface area (Å²) in [6, 6.07) is 48.0. The molecule has 0 spiro atoms. The fraction of sp³-hybridized carbons (Fsp3) is 0.174. The largest absolute Gasteiger partial charge is 2.00 e. The summed E-state index contributed by atoms with van der Waals surface area (Å²) < 4.78 is 11.8. The molecule has 0 N–H and O–H groups in total. The Hall–Kier alpha value is -4.46. The Bertz CT molecular complexity index is 2100. The van der Waals surface area contributed by atoms with Crippen molar-refractivity contribution in [1.82, 2.24) is 0 Å². The van der Waals surface area contributed by atoms with Crippen LogP contribution in [0.3, 0.4) is 0 Å². The maximum atomic E-state index is 5.92. The van der Waals surface area contributed by atoms with Crippen molar-refractivity contribution in [3.8, 4) is 44.9 Å². The molecule has 0 bridgehead atoms. The first-order valence-corrected chi connectivity index (χ1v) is 17.3. The van der Waals surface area contributed by atoms with Gasteiger partial charge in [0.2, 0.25) is 0 Å². The molecule has 0 saturated heterocycles. The predicted molar refractivity (Wildman–Crippen MR) is 203 cm³/mol. The van der Waals surface area contributed by atoms with E-state index in [9.17, 15) is 0 Å². The smallest absolute Gasteiger partial charge is 0.496 e. The summed E-state index contributed by atoms with van der Waals surface area (Å²) in [7, 11) is 0. The fourth-order valence-corrected chi connectivity index (χ4v) is 6.54. The van der Waals surface area contributed by atoms with Gasteiger partial charge in [-0.05, 0) is 59.4 Å². The molecule has 0 aliphatic carbocycles. The maximum absolute atomic E-state index is 5.92. The number of hydrogen-bond donors (Lipinski definition) is 0. The summed E-state index contributed by atoms with van der Waals surface area (Å²) in [6.07, 6.45) is 4.00. The molecule has 8 rings (SSSR count). The standard InChI is InChI=1S/2C23H21O.Zr/c2*1-3-16-8-10-17(11-9-16)21-7-5-6-18-14-19(15-22(18)21)23-13-12-20(4-2)24-23;/h2*5-15H,3-4H2,1-2H3;/q2*-1;+2. The first kappa shape index (κ1) is 34.4. The normalized spacial score (nSPS) is 11.0. The first-order chi connectivity index (χ1) is 23.6. The Morgan fingerprint density at radius 2 is 0.857 bits per heavy atom.